The Morgan fingerprint density at radius 3 is 2.62 bits per heavy atom. The molecule has 164 valence electrons. The highest BCUT2D eigenvalue weighted by Gasteiger charge is 2.34. The van der Waals surface area contributed by atoms with Gasteiger partial charge in [0, 0.05) is 40.8 Å². The number of ether oxygens (including phenoxy) is 1. The highest BCUT2D eigenvalue weighted by Crippen LogP contribution is 2.40. The van der Waals surface area contributed by atoms with Gasteiger partial charge in [-0.25, -0.2) is 13.8 Å². The Balaban J connectivity index is 1.67. The van der Waals surface area contributed by atoms with E-state index < -0.39 is 18.3 Å². The molecule has 0 saturated carbocycles. The molecule has 0 radical (unpaired) electrons. The van der Waals surface area contributed by atoms with Gasteiger partial charge in [0.05, 0.1) is 24.4 Å². The third kappa shape index (κ3) is 4.01. The number of carbonyl (C=O) groups is 2. The van der Waals surface area contributed by atoms with E-state index in [1.165, 1.54) is 36.3 Å². The quantitative estimate of drug-likeness (QED) is 0.646. The molecule has 3 aromatic rings. The summed E-state index contributed by atoms with van der Waals surface area (Å²) in [6.45, 7) is 1.45. The van der Waals surface area contributed by atoms with Crippen molar-refractivity contribution < 1.29 is 23.1 Å². The number of alkyl halides is 2. The molecule has 1 aliphatic rings. The Kier molecular flexibility index (Phi) is 5.81. The molecule has 3 heterocycles. The normalized spacial score (nSPS) is 15.1. The number of benzene rings is 1. The molecule has 7 nitrogen and oxygen atoms in total. The van der Waals surface area contributed by atoms with Crippen molar-refractivity contribution in [2.45, 2.75) is 19.3 Å². The van der Waals surface area contributed by atoms with Crippen LogP contribution in [0.25, 0.3) is 11.1 Å². The molecule has 0 spiro atoms. The number of anilines is 2. The van der Waals surface area contributed by atoms with E-state index in [1.54, 1.807) is 31.5 Å². The fraction of sp³-hybridized carbons (Fsp3) is 0.217. The first-order valence-electron chi connectivity index (χ1n) is 9.87. The Bertz CT molecular complexity index is 1170. The smallest absolute Gasteiger partial charge is 0.263 e. The minimum Gasteiger partial charge on any atom is -0.481 e. The number of methoxy groups -OCH3 is 1. The van der Waals surface area contributed by atoms with E-state index in [0.717, 1.165) is 5.56 Å². The van der Waals surface area contributed by atoms with Gasteiger partial charge >= 0.3 is 0 Å². The maximum Gasteiger partial charge on any atom is 0.263 e. The minimum absolute atomic E-state index is 0.140. The molecule has 9 heteroatoms. The summed E-state index contributed by atoms with van der Waals surface area (Å²) in [5.74, 6) is -1.08. The van der Waals surface area contributed by atoms with Crippen molar-refractivity contribution in [3.63, 3.8) is 0 Å². The number of pyridine rings is 2. The Labute approximate surface area is 183 Å². The van der Waals surface area contributed by atoms with Crippen LogP contribution in [0.3, 0.4) is 0 Å². The number of aromatic nitrogens is 2. The standard InChI is InChI=1S/C23H20F2N4O3/c1-13-21-16(4-3-9-26-21)17-11-27-20(32-2)10-18(17)29(23(13)31)12-19(30)28-15-7-5-14(6-8-15)22(24)25/h3-11,13,22H,12H2,1-2H3,(H,28,30)/t13-/m1/s1. The van der Waals surface area contributed by atoms with E-state index in [-0.39, 0.29) is 18.0 Å². The zero-order valence-electron chi connectivity index (χ0n) is 17.4. The summed E-state index contributed by atoms with van der Waals surface area (Å²) in [7, 11) is 1.46. The third-order valence-corrected chi connectivity index (χ3v) is 5.28. The summed E-state index contributed by atoms with van der Waals surface area (Å²) >= 11 is 0. The van der Waals surface area contributed by atoms with Gasteiger partial charge in [0.25, 0.3) is 6.43 Å². The number of hydrogen-bond acceptors (Lipinski definition) is 5. The molecule has 0 unspecified atom stereocenters. The number of hydrogen-bond donors (Lipinski definition) is 1. The number of rotatable bonds is 5. The molecule has 1 aliphatic heterocycles. The largest absolute Gasteiger partial charge is 0.481 e. The number of nitrogens with one attached hydrogen (secondary N) is 1. The van der Waals surface area contributed by atoms with Crippen molar-refractivity contribution in [1.82, 2.24) is 9.97 Å². The van der Waals surface area contributed by atoms with Gasteiger partial charge < -0.3 is 15.0 Å². The summed E-state index contributed by atoms with van der Waals surface area (Å²) in [4.78, 5) is 36.1. The van der Waals surface area contributed by atoms with E-state index in [2.05, 4.69) is 15.3 Å². The predicted octanol–water partition coefficient (Wildman–Crippen LogP) is 4.18. The van der Waals surface area contributed by atoms with Crippen LogP contribution in [-0.4, -0.2) is 35.4 Å². The topological polar surface area (TPSA) is 84.4 Å². The molecule has 0 fully saturated rings. The average molecular weight is 438 g/mol. The molecule has 0 bridgehead atoms. The van der Waals surface area contributed by atoms with Crippen molar-refractivity contribution in [2.75, 3.05) is 23.9 Å². The fourth-order valence-electron chi connectivity index (χ4n) is 3.65. The van der Waals surface area contributed by atoms with Crippen LogP contribution in [0.5, 0.6) is 5.88 Å². The zero-order valence-corrected chi connectivity index (χ0v) is 17.4. The first-order valence-corrected chi connectivity index (χ1v) is 9.87. The maximum atomic E-state index is 13.3. The van der Waals surface area contributed by atoms with Crippen molar-refractivity contribution in [3.8, 4) is 17.0 Å². The molecule has 4 rings (SSSR count). The number of fused-ring (bicyclic) bond motifs is 3. The van der Waals surface area contributed by atoms with Crippen LogP contribution in [0.2, 0.25) is 0 Å². The van der Waals surface area contributed by atoms with Crippen molar-refractivity contribution in [2.24, 2.45) is 0 Å². The first kappa shape index (κ1) is 21.4. The number of halogens is 2. The summed E-state index contributed by atoms with van der Waals surface area (Å²) in [5.41, 5.74) is 2.69. The van der Waals surface area contributed by atoms with Gasteiger partial charge in [-0.1, -0.05) is 18.2 Å². The fourth-order valence-corrected chi connectivity index (χ4v) is 3.65. The lowest BCUT2D eigenvalue weighted by atomic mass is 9.98. The molecule has 2 aromatic heterocycles. The molecule has 32 heavy (non-hydrogen) atoms. The van der Waals surface area contributed by atoms with Crippen LogP contribution in [0.1, 0.15) is 30.5 Å². The van der Waals surface area contributed by atoms with E-state index in [4.69, 9.17) is 4.74 Å². The summed E-state index contributed by atoms with van der Waals surface area (Å²) < 4.78 is 30.7. The van der Waals surface area contributed by atoms with Gasteiger partial charge in [-0.2, -0.15) is 0 Å². The highest BCUT2D eigenvalue weighted by atomic mass is 19.3. The molecular weight excluding hydrogens is 418 g/mol. The Morgan fingerprint density at radius 1 is 1.19 bits per heavy atom. The van der Waals surface area contributed by atoms with Gasteiger partial charge in [0.2, 0.25) is 17.7 Å². The van der Waals surface area contributed by atoms with Gasteiger partial charge in [-0.3, -0.25) is 14.6 Å². The lowest BCUT2D eigenvalue weighted by molar-refractivity contribution is -0.122. The third-order valence-electron chi connectivity index (χ3n) is 5.28. The number of nitrogens with zero attached hydrogens (tertiary/aromatic N) is 3. The van der Waals surface area contributed by atoms with E-state index in [1.807, 2.05) is 6.07 Å². The SMILES string of the molecule is COc1cc2c(cn1)-c1cccnc1[C@@H](C)C(=O)N2CC(=O)Nc1ccc(C(F)F)cc1. The Morgan fingerprint density at radius 2 is 1.94 bits per heavy atom. The summed E-state index contributed by atoms with van der Waals surface area (Å²) in [5, 5.41) is 2.65. The lowest BCUT2D eigenvalue weighted by Gasteiger charge is -2.24. The lowest BCUT2D eigenvalue weighted by Crippen LogP contribution is -2.40. The van der Waals surface area contributed by atoms with Gasteiger partial charge in [-0.15, -0.1) is 0 Å². The average Bonchev–Trinajstić information content (AvgIpc) is 2.89. The minimum atomic E-state index is -2.59. The molecule has 1 atom stereocenters. The number of amides is 2. The molecule has 1 aromatic carbocycles. The second-order valence-corrected chi connectivity index (χ2v) is 7.30. The van der Waals surface area contributed by atoms with Crippen molar-refractivity contribution in [3.05, 3.63) is 66.1 Å². The van der Waals surface area contributed by atoms with Crippen LogP contribution in [0.4, 0.5) is 20.2 Å². The van der Waals surface area contributed by atoms with E-state index >= 15 is 0 Å². The molecule has 0 saturated heterocycles. The van der Waals surface area contributed by atoms with Gasteiger partial charge in [0.15, 0.2) is 0 Å². The Hall–Kier alpha value is -3.88. The van der Waals surface area contributed by atoms with Gasteiger partial charge in [-0.05, 0) is 25.1 Å². The molecular formula is C23H20F2N4O3. The van der Waals surface area contributed by atoms with Crippen molar-refractivity contribution in [1.29, 1.82) is 0 Å². The highest BCUT2D eigenvalue weighted by molar-refractivity contribution is 6.09. The zero-order chi connectivity index (χ0) is 22.8. The first-order chi connectivity index (χ1) is 15.4. The van der Waals surface area contributed by atoms with Crippen LogP contribution < -0.4 is 15.0 Å². The van der Waals surface area contributed by atoms with E-state index in [0.29, 0.717) is 28.5 Å². The predicted molar refractivity (Wildman–Crippen MR) is 115 cm³/mol. The molecule has 2 amide bonds. The monoisotopic (exact) mass is 438 g/mol. The van der Waals surface area contributed by atoms with Crippen LogP contribution in [0.15, 0.2) is 54.9 Å². The molecule has 1 N–H and O–H groups in total. The summed E-state index contributed by atoms with van der Waals surface area (Å²) in [6, 6.07) is 10.5. The maximum absolute atomic E-state index is 13.3. The van der Waals surface area contributed by atoms with Crippen LogP contribution in [-0.2, 0) is 9.59 Å². The van der Waals surface area contributed by atoms with E-state index in [9.17, 15) is 18.4 Å². The van der Waals surface area contributed by atoms with Crippen molar-refractivity contribution >= 4 is 23.2 Å². The summed E-state index contributed by atoms with van der Waals surface area (Å²) in [6.07, 6.45) is 0.616. The molecule has 0 aliphatic carbocycles. The van der Waals surface area contributed by atoms with Crippen LogP contribution >= 0.6 is 0 Å². The second kappa shape index (κ2) is 8.70. The van der Waals surface area contributed by atoms with Crippen LogP contribution in [0, 0.1) is 0 Å². The second-order valence-electron chi connectivity index (χ2n) is 7.30. The van der Waals surface area contributed by atoms with Gasteiger partial charge in [0.1, 0.15) is 6.54 Å². The number of carbonyl (C=O) groups excluding carboxylic acids is 2.